The van der Waals surface area contributed by atoms with E-state index in [0.717, 1.165) is 0 Å². The van der Waals surface area contributed by atoms with Gasteiger partial charge in [-0.25, -0.2) is 8.42 Å². The van der Waals surface area contributed by atoms with E-state index >= 15 is 0 Å². The van der Waals surface area contributed by atoms with Crippen LogP contribution in [0.25, 0.3) is 0 Å². The van der Waals surface area contributed by atoms with Crippen molar-refractivity contribution in [1.82, 2.24) is 4.31 Å². The summed E-state index contributed by atoms with van der Waals surface area (Å²) < 4.78 is 30.7. The molecule has 0 radical (unpaired) electrons. The average molecular weight is 309 g/mol. The second-order valence-corrected chi connectivity index (χ2v) is 6.23. The Morgan fingerprint density at radius 3 is 2.14 bits per heavy atom. The molecule has 114 valence electrons. The fourth-order valence-electron chi connectivity index (χ4n) is 1.73. The highest BCUT2D eigenvalue weighted by Gasteiger charge is 2.22. The van der Waals surface area contributed by atoms with E-state index < -0.39 is 10.0 Å². The minimum atomic E-state index is -3.60. The van der Waals surface area contributed by atoms with Gasteiger partial charge >= 0.3 is 5.97 Å². The van der Waals surface area contributed by atoms with Gasteiger partial charge in [-0.3, -0.25) is 4.79 Å². The first-order chi connectivity index (χ1) is 9.95. The van der Waals surface area contributed by atoms with Crippen LogP contribution in [0.15, 0.2) is 54.5 Å². The van der Waals surface area contributed by atoms with Crippen LogP contribution in [-0.2, 0) is 26.0 Å². The molecule has 0 atom stereocenters. The van der Waals surface area contributed by atoms with E-state index in [0.29, 0.717) is 5.56 Å². The first-order valence-corrected chi connectivity index (χ1v) is 7.77. The summed E-state index contributed by atoms with van der Waals surface area (Å²) in [6.07, 6.45) is 3.15. The lowest BCUT2D eigenvalue weighted by Crippen LogP contribution is -2.31. The molecule has 0 saturated carbocycles. The Balaban J connectivity index is 3.00. The van der Waals surface area contributed by atoms with Crippen LogP contribution in [-0.4, -0.2) is 38.9 Å². The van der Waals surface area contributed by atoms with Crippen LogP contribution in [0.1, 0.15) is 5.56 Å². The SMILES string of the molecule is C=CCN(CC=C)S(=O)(=O)c1ccc(CC(=O)OC)cc1. The number of hydrogen-bond acceptors (Lipinski definition) is 4. The largest absolute Gasteiger partial charge is 0.469 e. The normalized spacial score (nSPS) is 11.1. The van der Waals surface area contributed by atoms with Gasteiger partial charge in [0.15, 0.2) is 0 Å². The zero-order valence-corrected chi connectivity index (χ0v) is 12.8. The van der Waals surface area contributed by atoms with E-state index in [1.807, 2.05) is 0 Å². The standard InChI is InChI=1S/C15H19NO4S/c1-4-10-16(11-5-2)21(18,19)14-8-6-13(7-9-14)12-15(17)20-3/h4-9H,1-2,10-12H2,3H3. The molecule has 21 heavy (non-hydrogen) atoms. The third-order valence-electron chi connectivity index (χ3n) is 2.80. The van der Waals surface area contributed by atoms with Gasteiger partial charge in [0.25, 0.3) is 0 Å². The van der Waals surface area contributed by atoms with Crippen LogP contribution in [0.2, 0.25) is 0 Å². The number of carbonyl (C=O) groups excluding carboxylic acids is 1. The second kappa shape index (κ2) is 7.75. The fourth-order valence-corrected chi connectivity index (χ4v) is 3.11. The highest BCUT2D eigenvalue weighted by atomic mass is 32.2. The molecule has 0 spiro atoms. The van der Waals surface area contributed by atoms with Gasteiger partial charge in [0.1, 0.15) is 0 Å². The molecule has 0 aliphatic rings. The summed E-state index contributed by atoms with van der Waals surface area (Å²) in [5.74, 6) is -0.370. The summed E-state index contributed by atoms with van der Waals surface area (Å²) in [6.45, 7) is 7.52. The Hall–Kier alpha value is -1.92. The number of hydrogen-bond donors (Lipinski definition) is 0. The van der Waals surface area contributed by atoms with Crippen molar-refractivity contribution in [2.75, 3.05) is 20.2 Å². The van der Waals surface area contributed by atoms with Crippen molar-refractivity contribution in [3.63, 3.8) is 0 Å². The Bertz CT molecular complexity index is 595. The monoisotopic (exact) mass is 309 g/mol. The van der Waals surface area contributed by atoms with E-state index in [-0.39, 0.29) is 30.4 Å². The van der Waals surface area contributed by atoms with Crippen molar-refractivity contribution >= 4 is 16.0 Å². The van der Waals surface area contributed by atoms with Crippen molar-refractivity contribution in [3.8, 4) is 0 Å². The predicted molar refractivity (Wildman–Crippen MR) is 81.3 cm³/mol. The van der Waals surface area contributed by atoms with Gasteiger partial charge < -0.3 is 4.74 Å². The molecular weight excluding hydrogens is 290 g/mol. The molecular formula is C15H19NO4S. The van der Waals surface area contributed by atoms with E-state index in [9.17, 15) is 13.2 Å². The molecule has 1 aromatic carbocycles. The molecule has 0 aliphatic heterocycles. The van der Waals surface area contributed by atoms with E-state index in [1.54, 1.807) is 12.1 Å². The predicted octanol–water partition coefficient (Wildman–Crippen LogP) is 1.76. The minimum absolute atomic E-state index is 0.111. The number of carbonyl (C=O) groups is 1. The van der Waals surface area contributed by atoms with Crippen molar-refractivity contribution in [2.24, 2.45) is 0 Å². The first-order valence-electron chi connectivity index (χ1n) is 6.33. The van der Waals surface area contributed by atoms with Gasteiger partial charge in [-0.15, -0.1) is 13.2 Å². The molecule has 5 nitrogen and oxygen atoms in total. The zero-order valence-electron chi connectivity index (χ0n) is 12.0. The van der Waals surface area contributed by atoms with Crippen molar-refractivity contribution in [3.05, 3.63) is 55.1 Å². The number of esters is 1. The van der Waals surface area contributed by atoms with E-state index in [2.05, 4.69) is 17.9 Å². The summed E-state index contributed by atoms with van der Waals surface area (Å²) in [7, 11) is -2.29. The second-order valence-electron chi connectivity index (χ2n) is 4.30. The molecule has 6 heteroatoms. The van der Waals surface area contributed by atoms with Gasteiger partial charge in [-0.1, -0.05) is 24.3 Å². The fraction of sp³-hybridized carbons (Fsp3) is 0.267. The quantitative estimate of drug-likeness (QED) is 0.542. The Kier molecular flexibility index (Phi) is 6.33. The molecule has 0 fully saturated rings. The maximum absolute atomic E-state index is 12.4. The van der Waals surface area contributed by atoms with Crippen LogP contribution >= 0.6 is 0 Å². The average Bonchev–Trinajstić information content (AvgIpc) is 2.47. The smallest absolute Gasteiger partial charge is 0.309 e. The minimum Gasteiger partial charge on any atom is -0.469 e. The molecule has 0 aromatic heterocycles. The van der Waals surface area contributed by atoms with Gasteiger partial charge in [0.05, 0.1) is 18.4 Å². The molecule has 0 N–H and O–H groups in total. The van der Waals surface area contributed by atoms with Crippen molar-refractivity contribution in [1.29, 1.82) is 0 Å². The van der Waals surface area contributed by atoms with E-state index in [4.69, 9.17) is 0 Å². The summed E-state index contributed by atoms with van der Waals surface area (Å²) in [5, 5.41) is 0. The number of methoxy groups -OCH3 is 1. The molecule has 1 aromatic rings. The number of nitrogens with zero attached hydrogens (tertiary/aromatic N) is 1. The van der Waals surface area contributed by atoms with Crippen LogP contribution < -0.4 is 0 Å². The summed E-state index contributed by atoms with van der Waals surface area (Å²) in [5.41, 5.74) is 0.694. The zero-order chi connectivity index (χ0) is 15.9. The van der Waals surface area contributed by atoms with Gasteiger partial charge in [0, 0.05) is 13.1 Å². The lowest BCUT2D eigenvalue weighted by Gasteiger charge is -2.19. The van der Waals surface area contributed by atoms with Crippen LogP contribution in [0.3, 0.4) is 0 Å². The third kappa shape index (κ3) is 4.54. The summed E-state index contributed by atoms with van der Waals surface area (Å²) in [4.78, 5) is 11.3. The molecule has 0 saturated heterocycles. The lowest BCUT2D eigenvalue weighted by molar-refractivity contribution is -0.139. The van der Waals surface area contributed by atoms with Crippen LogP contribution in [0.5, 0.6) is 0 Å². The lowest BCUT2D eigenvalue weighted by atomic mass is 10.2. The van der Waals surface area contributed by atoms with Crippen LogP contribution in [0.4, 0.5) is 0 Å². The molecule has 1 rings (SSSR count). The number of sulfonamides is 1. The third-order valence-corrected chi connectivity index (χ3v) is 4.65. The van der Waals surface area contributed by atoms with Crippen molar-refractivity contribution < 1.29 is 17.9 Å². The molecule has 0 bridgehead atoms. The van der Waals surface area contributed by atoms with Gasteiger partial charge in [-0.05, 0) is 17.7 Å². The topological polar surface area (TPSA) is 63.7 Å². The maximum atomic E-state index is 12.4. The maximum Gasteiger partial charge on any atom is 0.309 e. The number of ether oxygens (including phenoxy) is 1. The number of benzene rings is 1. The summed E-state index contributed by atoms with van der Waals surface area (Å²) in [6, 6.07) is 6.16. The Morgan fingerprint density at radius 1 is 1.19 bits per heavy atom. The van der Waals surface area contributed by atoms with E-state index in [1.165, 1.54) is 35.7 Å². The molecule has 0 amide bonds. The highest BCUT2D eigenvalue weighted by Crippen LogP contribution is 2.17. The van der Waals surface area contributed by atoms with Crippen LogP contribution in [0, 0.1) is 0 Å². The molecule has 0 unspecified atom stereocenters. The Morgan fingerprint density at radius 2 is 1.71 bits per heavy atom. The van der Waals surface area contributed by atoms with Crippen molar-refractivity contribution in [2.45, 2.75) is 11.3 Å². The van der Waals surface area contributed by atoms with Gasteiger partial charge in [-0.2, -0.15) is 4.31 Å². The molecule has 0 aliphatic carbocycles. The van der Waals surface area contributed by atoms with Gasteiger partial charge in [0.2, 0.25) is 10.0 Å². The number of rotatable bonds is 8. The Labute approximate surface area is 125 Å². The highest BCUT2D eigenvalue weighted by molar-refractivity contribution is 7.89. The summed E-state index contributed by atoms with van der Waals surface area (Å²) >= 11 is 0. The molecule has 0 heterocycles. The first kappa shape index (κ1) is 17.1.